The molecule has 9 heteroatoms. The molecule has 236 valence electrons. The van der Waals surface area contributed by atoms with Crippen LogP contribution in [-0.4, -0.2) is 51.7 Å². The minimum Gasteiger partial charge on any atom is -0.398 e. The van der Waals surface area contributed by atoms with Crippen molar-refractivity contribution in [3.05, 3.63) is 69.8 Å². The fourth-order valence-electron chi connectivity index (χ4n) is 9.21. The largest absolute Gasteiger partial charge is 0.398 e. The smallest absolute Gasteiger partial charge is 0.136 e. The number of rotatable bonds is 6. The van der Waals surface area contributed by atoms with Crippen LogP contribution in [0.15, 0.2) is 30.5 Å². The summed E-state index contributed by atoms with van der Waals surface area (Å²) in [6.07, 6.45) is 9.87. The molecule has 4 N–H and O–H groups in total. The van der Waals surface area contributed by atoms with Crippen LogP contribution in [0.25, 0.3) is 0 Å². The minimum atomic E-state index is -0.752. The lowest BCUT2D eigenvalue weighted by Gasteiger charge is -2.45. The summed E-state index contributed by atoms with van der Waals surface area (Å²) >= 11 is 0. The number of fused-ring (bicyclic) bond motifs is 4. The Morgan fingerprint density at radius 2 is 2.04 bits per heavy atom. The van der Waals surface area contributed by atoms with Gasteiger partial charge in [0.15, 0.2) is 0 Å². The predicted octanol–water partition coefficient (Wildman–Crippen LogP) is 5.94. The van der Waals surface area contributed by atoms with E-state index < -0.39 is 6.17 Å². The van der Waals surface area contributed by atoms with Crippen molar-refractivity contribution in [1.82, 2.24) is 19.9 Å². The lowest BCUT2D eigenvalue weighted by Crippen LogP contribution is -2.40. The Morgan fingerprint density at radius 1 is 1.20 bits per heavy atom. The van der Waals surface area contributed by atoms with E-state index in [2.05, 4.69) is 47.8 Å². The highest BCUT2D eigenvalue weighted by Gasteiger charge is 2.49. The van der Waals surface area contributed by atoms with Crippen molar-refractivity contribution in [2.24, 2.45) is 0 Å². The Morgan fingerprint density at radius 3 is 2.84 bits per heavy atom. The van der Waals surface area contributed by atoms with Crippen molar-refractivity contribution in [2.45, 2.75) is 107 Å². The molecule has 7 rings (SSSR count). The topological polar surface area (TPSA) is 121 Å². The van der Waals surface area contributed by atoms with Crippen molar-refractivity contribution in [3.63, 3.8) is 0 Å². The van der Waals surface area contributed by atoms with E-state index in [0.717, 1.165) is 86.4 Å². The zero-order chi connectivity index (χ0) is 31.5. The maximum Gasteiger partial charge on any atom is 0.136 e. The summed E-state index contributed by atoms with van der Waals surface area (Å²) in [5.41, 5.74) is 19.3. The van der Waals surface area contributed by atoms with Crippen LogP contribution < -0.4 is 16.4 Å². The lowest BCUT2D eigenvalue weighted by atomic mass is 9.59. The van der Waals surface area contributed by atoms with Gasteiger partial charge in [-0.3, -0.25) is 4.90 Å². The summed E-state index contributed by atoms with van der Waals surface area (Å²) in [5.74, 6) is 2.66. The summed E-state index contributed by atoms with van der Waals surface area (Å²) in [5, 5.41) is 10.3. The SMILES string of the molecule is CC1CCC2(CCc3c(nc(CCC45CCCN4CC(F)C5)nc3N(C)C(C)c3cccnc3N)C2)c2c1ccc(N)c2C#N. The molecular formula is C36H45FN8. The number of hydrogen-bond acceptors (Lipinski definition) is 8. The average molecular weight is 609 g/mol. The first-order valence-corrected chi connectivity index (χ1v) is 16.7. The molecule has 0 amide bonds. The highest BCUT2D eigenvalue weighted by molar-refractivity contribution is 5.65. The fourth-order valence-corrected chi connectivity index (χ4v) is 9.21. The van der Waals surface area contributed by atoms with Gasteiger partial charge < -0.3 is 16.4 Å². The van der Waals surface area contributed by atoms with Crippen LogP contribution in [0.4, 0.5) is 21.7 Å². The number of benzene rings is 1. The first-order valence-electron chi connectivity index (χ1n) is 16.7. The van der Waals surface area contributed by atoms with Crippen molar-refractivity contribution in [2.75, 3.05) is 36.5 Å². The van der Waals surface area contributed by atoms with Crippen molar-refractivity contribution in [3.8, 4) is 6.07 Å². The molecule has 0 saturated carbocycles. The van der Waals surface area contributed by atoms with E-state index in [0.29, 0.717) is 42.4 Å². The van der Waals surface area contributed by atoms with Gasteiger partial charge >= 0.3 is 0 Å². The second kappa shape index (κ2) is 11.2. The van der Waals surface area contributed by atoms with Gasteiger partial charge in [-0.1, -0.05) is 19.1 Å². The molecule has 8 nitrogen and oxygen atoms in total. The summed E-state index contributed by atoms with van der Waals surface area (Å²) in [4.78, 5) is 19.5. The van der Waals surface area contributed by atoms with Crippen LogP contribution >= 0.6 is 0 Å². The second-order valence-corrected chi connectivity index (χ2v) is 14.2. The Labute approximate surface area is 266 Å². The molecule has 0 bridgehead atoms. The number of hydrogen-bond donors (Lipinski definition) is 2. The summed E-state index contributed by atoms with van der Waals surface area (Å²) in [7, 11) is 2.09. The Bertz CT molecular complexity index is 1670. The van der Waals surface area contributed by atoms with Crippen molar-refractivity contribution < 1.29 is 4.39 Å². The number of nitrogen functional groups attached to an aromatic ring is 2. The van der Waals surface area contributed by atoms with Gasteiger partial charge in [-0.15, -0.1) is 0 Å². The quantitative estimate of drug-likeness (QED) is 0.330. The molecule has 5 unspecified atom stereocenters. The Hall–Kier alpha value is -3.77. The van der Waals surface area contributed by atoms with Crippen LogP contribution in [0, 0.1) is 11.3 Å². The van der Waals surface area contributed by atoms with Crippen LogP contribution in [0.3, 0.4) is 0 Å². The number of nitriles is 1. The van der Waals surface area contributed by atoms with Gasteiger partial charge in [0.2, 0.25) is 0 Å². The summed E-state index contributed by atoms with van der Waals surface area (Å²) in [6, 6.07) is 10.4. The normalized spacial score (nSPS) is 27.9. The van der Waals surface area contributed by atoms with Gasteiger partial charge in [-0.2, -0.15) is 5.26 Å². The van der Waals surface area contributed by atoms with Crippen molar-refractivity contribution >= 4 is 17.3 Å². The van der Waals surface area contributed by atoms with E-state index in [-0.39, 0.29) is 17.0 Å². The maximum absolute atomic E-state index is 14.6. The van der Waals surface area contributed by atoms with Crippen LogP contribution in [0.1, 0.15) is 110 Å². The molecule has 1 aromatic carbocycles. The Balaban J connectivity index is 1.30. The fraction of sp³-hybridized carbons (Fsp3) is 0.556. The lowest BCUT2D eigenvalue weighted by molar-refractivity contribution is 0.181. The van der Waals surface area contributed by atoms with Crippen LogP contribution in [-0.2, 0) is 24.7 Å². The molecule has 1 spiro atoms. The third kappa shape index (κ3) is 4.93. The minimum absolute atomic E-state index is 0.0475. The van der Waals surface area contributed by atoms with Gasteiger partial charge in [0.25, 0.3) is 0 Å². The van der Waals surface area contributed by atoms with Gasteiger partial charge in [-0.05, 0) is 100 Å². The molecule has 0 radical (unpaired) electrons. The highest BCUT2D eigenvalue weighted by atomic mass is 19.1. The molecule has 2 saturated heterocycles. The number of halogens is 1. The molecule has 4 heterocycles. The predicted molar refractivity (Wildman–Crippen MR) is 176 cm³/mol. The number of nitrogens with two attached hydrogens (primary N) is 2. The van der Waals surface area contributed by atoms with E-state index in [9.17, 15) is 9.65 Å². The molecule has 3 aromatic rings. The zero-order valence-corrected chi connectivity index (χ0v) is 26.8. The number of aryl methyl sites for hydroxylation is 1. The second-order valence-electron chi connectivity index (χ2n) is 14.2. The number of alkyl halides is 1. The first kappa shape index (κ1) is 29.9. The summed E-state index contributed by atoms with van der Waals surface area (Å²) in [6.45, 7) is 5.93. The van der Waals surface area contributed by atoms with Gasteiger partial charge in [0.05, 0.1) is 17.3 Å². The number of nitrogens with zero attached hydrogens (tertiary/aromatic N) is 6. The van der Waals surface area contributed by atoms with Gasteiger partial charge in [0, 0.05) is 54.0 Å². The number of aromatic nitrogens is 3. The number of anilines is 3. The molecule has 5 atom stereocenters. The van der Waals surface area contributed by atoms with Gasteiger partial charge in [-0.25, -0.2) is 19.3 Å². The maximum atomic E-state index is 14.6. The molecule has 2 fully saturated rings. The average Bonchev–Trinajstić information content (AvgIpc) is 3.56. The first-order chi connectivity index (χ1) is 21.6. The third-order valence-electron chi connectivity index (χ3n) is 11.8. The van der Waals surface area contributed by atoms with Crippen LogP contribution in [0.5, 0.6) is 0 Å². The standard InChI is InChI=1S/C36H45FN8/c1-22-9-13-35(32-25(22)7-8-29(39)28(32)20-38)14-10-27-30(19-35)42-31(11-15-36-12-5-17-45(36)21-24(37)18-36)43-34(27)44(3)23(2)26-6-4-16-41-33(26)40/h4,6-8,16,22-24H,5,9-15,17-19,21,39H2,1-3H3,(H2,40,41). The zero-order valence-electron chi connectivity index (χ0n) is 26.8. The molecule has 2 aliphatic heterocycles. The van der Waals surface area contributed by atoms with E-state index in [1.165, 1.54) is 11.1 Å². The van der Waals surface area contributed by atoms with Crippen molar-refractivity contribution in [1.29, 1.82) is 5.26 Å². The molecule has 2 aromatic heterocycles. The van der Waals surface area contributed by atoms with Gasteiger partial charge in [0.1, 0.15) is 29.7 Å². The monoisotopic (exact) mass is 608 g/mol. The highest BCUT2D eigenvalue weighted by Crippen LogP contribution is 2.52. The Kier molecular flexibility index (Phi) is 7.47. The molecule has 2 aliphatic carbocycles. The number of pyridine rings is 1. The molecule has 4 aliphatic rings. The van der Waals surface area contributed by atoms with Crippen LogP contribution in [0.2, 0.25) is 0 Å². The molecule has 45 heavy (non-hydrogen) atoms. The van der Waals surface area contributed by atoms with E-state index in [1.54, 1.807) is 6.20 Å². The van der Waals surface area contributed by atoms with E-state index in [4.69, 9.17) is 21.4 Å². The third-order valence-corrected chi connectivity index (χ3v) is 11.8. The molecular weight excluding hydrogens is 563 g/mol. The van der Waals surface area contributed by atoms with E-state index >= 15 is 0 Å². The van der Waals surface area contributed by atoms with E-state index in [1.807, 2.05) is 18.2 Å². The summed E-state index contributed by atoms with van der Waals surface area (Å²) < 4.78 is 14.6.